The summed E-state index contributed by atoms with van der Waals surface area (Å²) in [7, 11) is 1.60. The lowest BCUT2D eigenvalue weighted by atomic mass is 10.1. The molecule has 3 N–H and O–H groups in total. The third-order valence-corrected chi connectivity index (χ3v) is 1.86. The summed E-state index contributed by atoms with van der Waals surface area (Å²) in [5.41, 5.74) is 4.85. The molecule has 14 heavy (non-hydrogen) atoms. The maximum atomic E-state index is 11.3. The average molecular weight is 200 g/mol. The van der Waals surface area contributed by atoms with Gasteiger partial charge < -0.3 is 15.8 Å². The summed E-state index contributed by atoms with van der Waals surface area (Å²) in [6, 6.07) is 0. The highest BCUT2D eigenvalue weighted by atomic mass is 16.5. The van der Waals surface area contributed by atoms with Gasteiger partial charge >= 0.3 is 0 Å². The molecule has 1 amide bonds. The molecule has 0 saturated carbocycles. The number of nitrogens with two attached hydrogens (primary N) is 1. The Kier molecular flexibility index (Phi) is 6.16. The van der Waals surface area contributed by atoms with E-state index in [1.165, 1.54) is 0 Å². The van der Waals surface area contributed by atoms with E-state index in [2.05, 4.69) is 5.32 Å². The quantitative estimate of drug-likeness (QED) is 0.611. The van der Waals surface area contributed by atoms with E-state index in [9.17, 15) is 4.79 Å². The van der Waals surface area contributed by atoms with Crippen molar-refractivity contribution < 1.29 is 9.53 Å². The van der Waals surface area contributed by atoms with Gasteiger partial charge in [0.25, 0.3) is 0 Å². The zero-order chi connectivity index (χ0) is 11.0. The summed E-state index contributed by atoms with van der Waals surface area (Å²) in [5, 5.41) is 2.75. The molecule has 0 aromatic rings. The Balaban J connectivity index is 3.71. The predicted octanol–water partition coefficient (Wildman–Crippen LogP) is 0.433. The maximum absolute atomic E-state index is 11.3. The molecule has 0 aromatic heterocycles. The van der Waals surface area contributed by atoms with Crippen LogP contribution in [0, 0.1) is 0 Å². The van der Waals surface area contributed by atoms with Crippen molar-refractivity contribution in [2.24, 2.45) is 5.73 Å². The second kappa shape index (κ2) is 6.56. The Hall–Kier alpha value is -0.870. The van der Waals surface area contributed by atoms with Crippen molar-refractivity contribution in [3.05, 3.63) is 12.2 Å². The van der Waals surface area contributed by atoms with E-state index in [1.807, 2.05) is 26.0 Å². The molecule has 0 saturated heterocycles. The first-order valence-corrected chi connectivity index (χ1v) is 4.69. The van der Waals surface area contributed by atoms with Gasteiger partial charge in [-0.2, -0.15) is 0 Å². The van der Waals surface area contributed by atoms with Gasteiger partial charge in [0.2, 0.25) is 5.91 Å². The molecule has 0 aromatic carbocycles. The normalized spacial score (nSPS) is 12.0. The highest BCUT2D eigenvalue weighted by Gasteiger charge is 2.20. The second-order valence-electron chi connectivity index (χ2n) is 3.65. The van der Waals surface area contributed by atoms with Crippen molar-refractivity contribution in [2.45, 2.75) is 25.9 Å². The summed E-state index contributed by atoms with van der Waals surface area (Å²) in [5.74, 6) is -0.0153. The fourth-order valence-electron chi connectivity index (χ4n) is 0.874. The number of hydrogen-bond acceptors (Lipinski definition) is 3. The van der Waals surface area contributed by atoms with Crippen LogP contribution in [0.2, 0.25) is 0 Å². The molecule has 0 aliphatic rings. The molecule has 0 aliphatic heterocycles. The number of nitrogens with one attached hydrogen (secondary N) is 1. The van der Waals surface area contributed by atoms with Crippen LogP contribution in [-0.2, 0) is 9.53 Å². The second-order valence-corrected chi connectivity index (χ2v) is 3.65. The van der Waals surface area contributed by atoms with E-state index in [4.69, 9.17) is 10.5 Å². The molecular formula is C10H20N2O2. The summed E-state index contributed by atoms with van der Waals surface area (Å²) in [6.45, 7) is 4.78. The van der Waals surface area contributed by atoms with Crippen LogP contribution >= 0.6 is 0 Å². The van der Waals surface area contributed by atoms with Crippen LogP contribution in [0.15, 0.2) is 12.2 Å². The number of carbonyl (C=O) groups is 1. The molecule has 0 unspecified atom stereocenters. The van der Waals surface area contributed by atoms with E-state index in [0.717, 1.165) is 0 Å². The van der Waals surface area contributed by atoms with Crippen LogP contribution < -0.4 is 11.1 Å². The third-order valence-electron chi connectivity index (χ3n) is 1.86. The molecule has 4 nitrogen and oxygen atoms in total. The zero-order valence-corrected chi connectivity index (χ0v) is 9.17. The smallest absolute Gasteiger partial charge is 0.223 e. The number of hydrogen-bond donors (Lipinski definition) is 2. The number of rotatable bonds is 6. The van der Waals surface area contributed by atoms with Gasteiger partial charge in [-0.05, 0) is 13.8 Å². The molecule has 0 aliphatic carbocycles. The Morgan fingerprint density at radius 1 is 1.50 bits per heavy atom. The molecule has 4 heteroatoms. The summed E-state index contributed by atoms with van der Waals surface area (Å²) in [6.07, 6.45) is 4.00. The lowest BCUT2D eigenvalue weighted by Crippen LogP contribution is -2.33. The van der Waals surface area contributed by atoms with Gasteiger partial charge in [-0.25, -0.2) is 0 Å². The number of ether oxygens (including phenoxy) is 1. The Labute approximate surface area is 85.5 Å². The molecule has 0 fully saturated rings. The van der Waals surface area contributed by atoms with E-state index in [0.29, 0.717) is 19.5 Å². The number of amides is 1. The van der Waals surface area contributed by atoms with Crippen LogP contribution in [0.1, 0.15) is 20.3 Å². The highest BCUT2D eigenvalue weighted by Crippen LogP contribution is 2.11. The Bertz CT molecular complexity index is 200. The van der Waals surface area contributed by atoms with Gasteiger partial charge in [0.15, 0.2) is 0 Å². The molecule has 0 atom stereocenters. The third kappa shape index (κ3) is 6.62. The fourth-order valence-corrected chi connectivity index (χ4v) is 0.874. The molecular weight excluding hydrogens is 180 g/mol. The monoisotopic (exact) mass is 200 g/mol. The molecule has 0 radical (unpaired) electrons. The predicted molar refractivity (Wildman–Crippen MR) is 56.9 cm³/mol. The van der Waals surface area contributed by atoms with Gasteiger partial charge in [-0.1, -0.05) is 12.2 Å². The van der Waals surface area contributed by atoms with Gasteiger partial charge in [0.05, 0.1) is 12.0 Å². The van der Waals surface area contributed by atoms with E-state index < -0.39 is 5.60 Å². The van der Waals surface area contributed by atoms with Gasteiger partial charge in [0, 0.05) is 20.2 Å². The number of carbonyl (C=O) groups excluding carboxylic acids is 1. The van der Waals surface area contributed by atoms with Crippen molar-refractivity contribution in [1.29, 1.82) is 0 Å². The lowest BCUT2D eigenvalue weighted by Gasteiger charge is -2.21. The topological polar surface area (TPSA) is 64.3 Å². The molecule has 0 bridgehead atoms. The zero-order valence-electron chi connectivity index (χ0n) is 9.17. The Morgan fingerprint density at radius 2 is 2.14 bits per heavy atom. The van der Waals surface area contributed by atoms with Gasteiger partial charge in [-0.3, -0.25) is 4.79 Å². The summed E-state index contributed by atoms with van der Waals surface area (Å²) in [4.78, 5) is 11.3. The summed E-state index contributed by atoms with van der Waals surface area (Å²) < 4.78 is 5.14. The van der Waals surface area contributed by atoms with Crippen LogP contribution in [0.4, 0.5) is 0 Å². The van der Waals surface area contributed by atoms with Crippen molar-refractivity contribution in [3.63, 3.8) is 0 Å². The first-order valence-electron chi connectivity index (χ1n) is 4.69. The Morgan fingerprint density at radius 3 is 2.64 bits per heavy atom. The first-order chi connectivity index (χ1) is 6.52. The maximum Gasteiger partial charge on any atom is 0.223 e. The minimum absolute atomic E-state index is 0.0153. The standard InChI is InChI=1S/C10H20N2O2/c1-10(2,14-3)8-9(13)12-7-5-4-6-11/h4-5H,6-8,11H2,1-3H3,(H,12,13)/b5-4+. The minimum atomic E-state index is -0.401. The van der Waals surface area contributed by atoms with Gasteiger partial charge in [0.1, 0.15) is 0 Å². The van der Waals surface area contributed by atoms with Crippen molar-refractivity contribution in [2.75, 3.05) is 20.2 Å². The summed E-state index contributed by atoms with van der Waals surface area (Å²) >= 11 is 0. The lowest BCUT2D eigenvalue weighted by molar-refractivity contribution is -0.125. The molecule has 0 heterocycles. The van der Waals surface area contributed by atoms with E-state index in [-0.39, 0.29) is 5.91 Å². The molecule has 82 valence electrons. The molecule has 0 spiro atoms. The fraction of sp³-hybridized carbons (Fsp3) is 0.700. The SMILES string of the molecule is COC(C)(C)CC(=O)NC/C=C/CN. The minimum Gasteiger partial charge on any atom is -0.378 e. The van der Waals surface area contributed by atoms with Crippen molar-refractivity contribution in [3.8, 4) is 0 Å². The largest absolute Gasteiger partial charge is 0.378 e. The highest BCUT2D eigenvalue weighted by molar-refractivity contribution is 5.77. The van der Waals surface area contributed by atoms with E-state index >= 15 is 0 Å². The van der Waals surface area contributed by atoms with Crippen LogP contribution in [0.3, 0.4) is 0 Å². The first kappa shape index (κ1) is 13.1. The van der Waals surface area contributed by atoms with Crippen molar-refractivity contribution in [1.82, 2.24) is 5.32 Å². The molecule has 0 rings (SSSR count). The van der Waals surface area contributed by atoms with Crippen LogP contribution in [0.25, 0.3) is 0 Å². The van der Waals surface area contributed by atoms with E-state index in [1.54, 1.807) is 7.11 Å². The van der Waals surface area contributed by atoms with Crippen molar-refractivity contribution >= 4 is 5.91 Å². The van der Waals surface area contributed by atoms with Crippen LogP contribution in [0.5, 0.6) is 0 Å². The van der Waals surface area contributed by atoms with Crippen LogP contribution in [-0.4, -0.2) is 31.7 Å². The average Bonchev–Trinajstić information content (AvgIpc) is 2.12. The van der Waals surface area contributed by atoms with Gasteiger partial charge in [-0.15, -0.1) is 0 Å². The number of methoxy groups -OCH3 is 1.